The molecular weight excluding hydrogens is 172 g/mol. The molecule has 1 saturated carbocycles. The third kappa shape index (κ3) is 2.13. The van der Waals surface area contributed by atoms with Gasteiger partial charge in [0, 0.05) is 6.61 Å². The molecule has 0 aliphatic heterocycles. The van der Waals surface area contributed by atoms with Gasteiger partial charge in [0.05, 0.1) is 0 Å². The van der Waals surface area contributed by atoms with E-state index in [-0.39, 0.29) is 5.41 Å². The highest BCUT2D eigenvalue weighted by Gasteiger charge is 2.42. The van der Waals surface area contributed by atoms with Crippen LogP contribution in [0.3, 0.4) is 0 Å². The van der Waals surface area contributed by atoms with Crippen molar-refractivity contribution >= 4 is 0 Å². The normalized spacial score (nSPS) is 39.0. The Bertz CT molecular complexity index is 170. The first-order valence-electron chi connectivity index (χ1n) is 6.16. The van der Waals surface area contributed by atoms with E-state index < -0.39 is 0 Å². The maximum absolute atomic E-state index is 9.68. The molecule has 1 rings (SSSR count). The molecule has 0 heterocycles. The summed E-state index contributed by atoms with van der Waals surface area (Å²) in [5.41, 5.74) is 0.228. The maximum Gasteiger partial charge on any atom is 0.0490 e. The lowest BCUT2D eigenvalue weighted by atomic mass is 9.59. The van der Waals surface area contributed by atoms with Gasteiger partial charge in [0.1, 0.15) is 0 Å². The molecular formula is C13H26O. The Labute approximate surface area is 88.9 Å². The van der Waals surface area contributed by atoms with Crippen molar-refractivity contribution in [2.24, 2.45) is 23.2 Å². The van der Waals surface area contributed by atoms with Gasteiger partial charge in [-0.05, 0) is 42.4 Å². The van der Waals surface area contributed by atoms with Crippen LogP contribution in [0, 0.1) is 23.2 Å². The molecule has 0 amide bonds. The Morgan fingerprint density at radius 1 is 1.36 bits per heavy atom. The zero-order valence-electron chi connectivity index (χ0n) is 10.2. The van der Waals surface area contributed by atoms with E-state index in [1.165, 1.54) is 19.3 Å². The summed E-state index contributed by atoms with van der Waals surface area (Å²) in [5.74, 6) is 2.25. The van der Waals surface area contributed by atoms with Crippen molar-refractivity contribution in [3.05, 3.63) is 0 Å². The molecule has 0 aromatic carbocycles. The van der Waals surface area contributed by atoms with Crippen molar-refractivity contribution in [3.8, 4) is 0 Å². The average molecular weight is 198 g/mol. The van der Waals surface area contributed by atoms with Crippen molar-refractivity contribution in [2.75, 3.05) is 6.61 Å². The molecule has 0 saturated heterocycles. The predicted octanol–water partition coefficient (Wildman–Crippen LogP) is 3.47. The summed E-state index contributed by atoms with van der Waals surface area (Å²) in [4.78, 5) is 0. The number of aliphatic hydroxyl groups is 1. The first kappa shape index (κ1) is 12.0. The third-order valence-electron chi connectivity index (χ3n) is 4.34. The second-order valence-corrected chi connectivity index (χ2v) is 5.61. The second kappa shape index (κ2) is 4.65. The summed E-state index contributed by atoms with van der Waals surface area (Å²) in [5, 5.41) is 9.68. The van der Waals surface area contributed by atoms with Crippen LogP contribution < -0.4 is 0 Å². The van der Waals surface area contributed by atoms with E-state index >= 15 is 0 Å². The van der Waals surface area contributed by atoms with Crippen LogP contribution in [-0.2, 0) is 0 Å². The van der Waals surface area contributed by atoms with Crippen LogP contribution in [0.1, 0.15) is 53.4 Å². The van der Waals surface area contributed by atoms with Crippen LogP contribution >= 0.6 is 0 Å². The summed E-state index contributed by atoms with van der Waals surface area (Å²) in [6.07, 6.45) is 5.03. The van der Waals surface area contributed by atoms with Gasteiger partial charge >= 0.3 is 0 Å². The van der Waals surface area contributed by atoms with Crippen molar-refractivity contribution in [1.29, 1.82) is 0 Å². The molecule has 1 N–H and O–H groups in total. The van der Waals surface area contributed by atoms with Crippen molar-refractivity contribution < 1.29 is 5.11 Å². The van der Waals surface area contributed by atoms with E-state index in [0.717, 1.165) is 24.2 Å². The van der Waals surface area contributed by atoms with E-state index in [1.807, 2.05) is 0 Å². The largest absolute Gasteiger partial charge is 0.396 e. The van der Waals surface area contributed by atoms with E-state index in [1.54, 1.807) is 0 Å². The lowest BCUT2D eigenvalue weighted by Crippen LogP contribution is -2.41. The van der Waals surface area contributed by atoms with Crippen LogP contribution in [-0.4, -0.2) is 11.7 Å². The Balaban J connectivity index is 2.81. The smallest absolute Gasteiger partial charge is 0.0490 e. The van der Waals surface area contributed by atoms with Gasteiger partial charge in [-0.1, -0.05) is 34.1 Å². The van der Waals surface area contributed by atoms with Crippen LogP contribution in [0.4, 0.5) is 0 Å². The zero-order chi connectivity index (χ0) is 10.8. The first-order chi connectivity index (χ1) is 6.55. The Morgan fingerprint density at radius 3 is 2.43 bits per heavy atom. The molecule has 0 aromatic rings. The molecule has 0 radical (unpaired) electrons. The zero-order valence-corrected chi connectivity index (χ0v) is 10.2. The summed E-state index contributed by atoms with van der Waals surface area (Å²) >= 11 is 0. The molecule has 1 aliphatic rings. The molecule has 0 aromatic heterocycles. The highest BCUT2D eigenvalue weighted by Crippen LogP contribution is 2.48. The number of aliphatic hydroxyl groups excluding tert-OH is 1. The van der Waals surface area contributed by atoms with Gasteiger partial charge < -0.3 is 5.11 Å². The van der Waals surface area contributed by atoms with E-state index in [2.05, 4.69) is 27.7 Å². The highest BCUT2D eigenvalue weighted by atomic mass is 16.3. The standard InChI is InChI=1S/C13H26O/c1-5-13(9-14)8-11(4)6-7-12(13)10(2)3/h10-12,14H,5-9H2,1-4H3. The summed E-state index contributed by atoms with van der Waals surface area (Å²) < 4.78 is 0. The van der Waals surface area contributed by atoms with Gasteiger partial charge in [0.15, 0.2) is 0 Å². The summed E-state index contributed by atoms with van der Waals surface area (Å²) in [7, 11) is 0. The SMILES string of the molecule is CCC1(CO)CC(C)CCC1C(C)C. The summed E-state index contributed by atoms with van der Waals surface area (Å²) in [6.45, 7) is 9.57. The number of hydrogen-bond donors (Lipinski definition) is 1. The molecule has 3 atom stereocenters. The van der Waals surface area contributed by atoms with Gasteiger partial charge in [0.2, 0.25) is 0 Å². The van der Waals surface area contributed by atoms with Crippen molar-refractivity contribution in [2.45, 2.75) is 53.4 Å². The molecule has 1 heteroatoms. The maximum atomic E-state index is 9.68. The second-order valence-electron chi connectivity index (χ2n) is 5.61. The fourth-order valence-corrected chi connectivity index (χ4v) is 3.46. The Kier molecular flexibility index (Phi) is 4.00. The van der Waals surface area contributed by atoms with E-state index in [0.29, 0.717) is 6.61 Å². The summed E-state index contributed by atoms with van der Waals surface area (Å²) in [6, 6.07) is 0. The minimum atomic E-state index is 0.228. The van der Waals surface area contributed by atoms with Gasteiger partial charge in [0.25, 0.3) is 0 Å². The quantitative estimate of drug-likeness (QED) is 0.736. The van der Waals surface area contributed by atoms with Gasteiger partial charge in [-0.15, -0.1) is 0 Å². The van der Waals surface area contributed by atoms with Gasteiger partial charge in [-0.25, -0.2) is 0 Å². The first-order valence-corrected chi connectivity index (χ1v) is 6.16. The molecule has 1 nitrogen and oxygen atoms in total. The van der Waals surface area contributed by atoms with E-state index in [9.17, 15) is 5.11 Å². The van der Waals surface area contributed by atoms with Crippen molar-refractivity contribution in [3.63, 3.8) is 0 Å². The number of rotatable bonds is 3. The van der Waals surface area contributed by atoms with Gasteiger partial charge in [-0.3, -0.25) is 0 Å². The number of hydrogen-bond acceptors (Lipinski definition) is 1. The minimum absolute atomic E-state index is 0.228. The molecule has 84 valence electrons. The molecule has 1 aliphatic carbocycles. The fourth-order valence-electron chi connectivity index (χ4n) is 3.46. The molecule has 0 spiro atoms. The monoisotopic (exact) mass is 198 g/mol. The topological polar surface area (TPSA) is 20.2 Å². The molecule has 3 unspecified atom stereocenters. The van der Waals surface area contributed by atoms with E-state index in [4.69, 9.17) is 0 Å². The lowest BCUT2D eigenvalue weighted by molar-refractivity contribution is -0.0212. The van der Waals surface area contributed by atoms with Crippen molar-refractivity contribution in [1.82, 2.24) is 0 Å². The average Bonchev–Trinajstić information content (AvgIpc) is 2.16. The molecule has 1 fully saturated rings. The third-order valence-corrected chi connectivity index (χ3v) is 4.34. The molecule has 0 bridgehead atoms. The Hall–Kier alpha value is -0.0400. The molecule has 14 heavy (non-hydrogen) atoms. The Morgan fingerprint density at radius 2 is 2.00 bits per heavy atom. The minimum Gasteiger partial charge on any atom is -0.396 e. The highest BCUT2D eigenvalue weighted by molar-refractivity contribution is 4.91. The van der Waals surface area contributed by atoms with Crippen LogP contribution in [0.25, 0.3) is 0 Å². The van der Waals surface area contributed by atoms with Gasteiger partial charge in [-0.2, -0.15) is 0 Å². The lowest BCUT2D eigenvalue weighted by Gasteiger charge is -2.47. The van der Waals surface area contributed by atoms with Crippen LogP contribution in [0.5, 0.6) is 0 Å². The fraction of sp³-hybridized carbons (Fsp3) is 1.00. The van der Waals surface area contributed by atoms with Crippen LogP contribution in [0.2, 0.25) is 0 Å². The predicted molar refractivity (Wildman–Crippen MR) is 61.2 cm³/mol. The van der Waals surface area contributed by atoms with Crippen LogP contribution in [0.15, 0.2) is 0 Å².